The van der Waals surface area contributed by atoms with Gasteiger partial charge in [-0.05, 0) is 31.9 Å². The summed E-state index contributed by atoms with van der Waals surface area (Å²) >= 11 is 0. The van der Waals surface area contributed by atoms with Crippen LogP contribution in [0.15, 0.2) is 12.2 Å². The highest BCUT2D eigenvalue weighted by Crippen LogP contribution is 2.56. The van der Waals surface area contributed by atoms with E-state index in [-0.39, 0.29) is 35.6 Å². The summed E-state index contributed by atoms with van der Waals surface area (Å²) in [5.74, 6) is -0.511. The Morgan fingerprint density at radius 1 is 1.37 bits per heavy atom. The lowest BCUT2D eigenvalue weighted by molar-refractivity contribution is -0.167. The summed E-state index contributed by atoms with van der Waals surface area (Å²) in [5.41, 5.74) is -1.72. The molecule has 1 aliphatic heterocycles. The third-order valence-electron chi connectivity index (χ3n) is 5.46. The first-order valence-electron chi connectivity index (χ1n) is 6.94. The van der Waals surface area contributed by atoms with Crippen molar-refractivity contribution in [3.63, 3.8) is 0 Å². The Balaban J connectivity index is 2.07. The number of hydrogen-bond acceptors (Lipinski definition) is 4. The van der Waals surface area contributed by atoms with Crippen LogP contribution in [0, 0.1) is 23.2 Å². The Morgan fingerprint density at radius 2 is 2.05 bits per heavy atom. The molecule has 4 nitrogen and oxygen atoms in total. The van der Waals surface area contributed by atoms with E-state index in [9.17, 15) is 14.7 Å². The first kappa shape index (κ1) is 12.9. The van der Waals surface area contributed by atoms with Gasteiger partial charge >= 0.3 is 5.97 Å². The van der Waals surface area contributed by atoms with Gasteiger partial charge in [0, 0.05) is 17.3 Å². The topological polar surface area (TPSA) is 63.6 Å². The lowest BCUT2D eigenvalue weighted by atomic mass is 9.53. The van der Waals surface area contributed by atoms with Crippen molar-refractivity contribution in [2.75, 3.05) is 0 Å². The van der Waals surface area contributed by atoms with E-state index in [1.165, 1.54) is 6.08 Å². The minimum Gasteiger partial charge on any atom is -0.461 e. The normalized spacial score (nSPS) is 52.6. The standard InChI is InChI=1S/C15H20O4/c1-8-9-4-6-14(2)10(16)5-7-15(3,18)12(14)11(9)19-13(8)17/h5,7-9,11-12,18H,4,6H2,1-3H3/t8-,9+,11-,12-,14+,15+/m1/s1. The molecule has 0 bridgehead atoms. The van der Waals surface area contributed by atoms with Crippen LogP contribution in [0.25, 0.3) is 0 Å². The maximum atomic E-state index is 12.3. The molecule has 1 saturated carbocycles. The molecule has 104 valence electrons. The van der Waals surface area contributed by atoms with Crippen LogP contribution in [0.4, 0.5) is 0 Å². The molecule has 0 radical (unpaired) electrons. The number of esters is 1. The molecular weight excluding hydrogens is 244 g/mol. The summed E-state index contributed by atoms with van der Waals surface area (Å²) in [7, 11) is 0. The highest BCUT2D eigenvalue weighted by molar-refractivity contribution is 5.96. The Kier molecular flexibility index (Phi) is 2.50. The van der Waals surface area contributed by atoms with Gasteiger partial charge in [-0.15, -0.1) is 0 Å². The number of allylic oxidation sites excluding steroid dienone is 1. The van der Waals surface area contributed by atoms with Crippen LogP contribution >= 0.6 is 0 Å². The Bertz CT molecular complexity index is 479. The van der Waals surface area contributed by atoms with Crippen LogP contribution in [0.3, 0.4) is 0 Å². The zero-order valence-electron chi connectivity index (χ0n) is 11.6. The lowest BCUT2D eigenvalue weighted by Gasteiger charge is -2.52. The second kappa shape index (κ2) is 3.69. The minimum atomic E-state index is -1.10. The van der Waals surface area contributed by atoms with E-state index in [1.807, 2.05) is 13.8 Å². The molecule has 3 rings (SSSR count). The van der Waals surface area contributed by atoms with Crippen molar-refractivity contribution in [2.45, 2.75) is 45.3 Å². The quantitative estimate of drug-likeness (QED) is 0.673. The van der Waals surface area contributed by atoms with Gasteiger partial charge in [0.15, 0.2) is 5.78 Å². The minimum absolute atomic E-state index is 0.0399. The number of aliphatic hydroxyl groups is 1. The molecule has 6 atom stereocenters. The average molecular weight is 264 g/mol. The van der Waals surface area contributed by atoms with Crippen molar-refractivity contribution in [1.82, 2.24) is 0 Å². The van der Waals surface area contributed by atoms with Gasteiger partial charge in [0.1, 0.15) is 6.10 Å². The molecule has 0 aromatic heterocycles. The van der Waals surface area contributed by atoms with Crippen molar-refractivity contribution in [3.8, 4) is 0 Å². The average Bonchev–Trinajstić information content (AvgIpc) is 2.60. The fourth-order valence-corrected chi connectivity index (χ4v) is 4.29. The molecule has 2 fully saturated rings. The van der Waals surface area contributed by atoms with Gasteiger partial charge in [-0.3, -0.25) is 9.59 Å². The molecule has 0 amide bonds. The van der Waals surface area contributed by atoms with Crippen LogP contribution in [-0.4, -0.2) is 28.6 Å². The van der Waals surface area contributed by atoms with Gasteiger partial charge in [-0.2, -0.15) is 0 Å². The van der Waals surface area contributed by atoms with Crippen LogP contribution in [0.5, 0.6) is 0 Å². The van der Waals surface area contributed by atoms with E-state index in [4.69, 9.17) is 4.74 Å². The number of ketones is 1. The summed E-state index contributed by atoms with van der Waals surface area (Å²) in [6.45, 7) is 5.48. The molecule has 19 heavy (non-hydrogen) atoms. The fraction of sp³-hybridized carbons (Fsp3) is 0.733. The summed E-state index contributed by atoms with van der Waals surface area (Å²) in [4.78, 5) is 24.1. The number of carbonyl (C=O) groups excluding carboxylic acids is 2. The third kappa shape index (κ3) is 1.55. The predicted molar refractivity (Wildman–Crippen MR) is 68.1 cm³/mol. The number of hydrogen-bond donors (Lipinski definition) is 1. The summed E-state index contributed by atoms with van der Waals surface area (Å²) in [6.07, 6.45) is 4.21. The zero-order valence-corrected chi connectivity index (χ0v) is 11.6. The van der Waals surface area contributed by atoms with E-state index >= 15 is 0 Å². The summed E-state index contributed by atoms with van der Waals surface area (Å²) in [6, 6.07) is 0. The molecule has 2 aliphatic carbocycles. The highest BCUT2D eigenvalue weighted by atomic mass is 16.6. The SMILES string of the molecule is C[C@H]1C(=O)O[C@@H]2[C@H]1CC[C@@]1(C)C(=O)C=C[C@](C)(O)[C@H]21. The van der Waals surface area contributed by atoms with Crippen molar-refractivity contribution < 1.29 is 19.4 Å². The molecule has 0 aromatic carbocycles. The van der Waals surface area contributed by atoms with Crippen molar-refractivity contribution in [1.29, 1.82) is 0 Å². The first-order chi connectivity index (χ1) is 8.77. The van der Waals surface area contributed by atoms with Crippen LogP contribution in [0.1, 0.15) is 33.6 Å². The Labute approximate surface area is 112 Å². The summed E-state index contributed by atoms with van der Waals surface area (Å²) in [5, 5.41) is 10.6. The van der Waals surface area contributed by atoms with Crippen LogP contribution in [0.2, 0.25) is 0 Å². The number of ether oxygens (including phenoxy) is 1. The van der Waals surface area contributed by atoms with Crippen molar-refractivity contribution >= 4 is 11.8 Å². The van der Waals surface area contributed by atoms with Gasteiger partial charge in [0.05, 0.1) is 11.5 Å². The van der Waals surface area contributed by atoms with Crippen molar-refractivity contribution in [3.05, 3.63) is 12.2 Å². The largest absolute Gasteiger partial charge is 0.461 e. The molecule has 3 aliphatic rings. The van der Waals surface area contributed by atoms with Crippen LogP contribution in [-0.2, 0) is 14.3 Å². The van der Waals surface area contributed by atoms with Gasteiger partial charge in [-0.25, -0.2) is 0 Å². The number of fused-ring (bicyclic) bond motifs is 3. The maximum absolute atomic E-state index is 12.3. The monoisotopic (exact) mass is 264 g/mol. The Hall–Kier alpha value is -1.16. The molecule has 1 heterocycles. The van der Waals surface area contributed by atoms with E-state index in [0.29, 0.717) is 6.42 Å². The van der Waals surface area contributed by atoms with E-state index in [0.717, 1.165) is 6.42 Å². The molecule has 4 heteroatoms. The van der Waals surface area contributed by atoms with E-state index in [2.05, 4.69) is 0 Å². The smallest absolute Gasteiger partial charge is 0.309 e. The van der Waals surface area contributed by atoms with Gasteiger partial charge in [0.2, 0.25) is 0 Å². The molecule has 0 aromatic rings. The number of carbonyl (C=O) groups is 2. The van der Waals surface area contributed by atoms with Gasteiger partial charge in [-0.1, -0.05) is 13.8 Å². The van der Waals surface area contributed by atoms with Gasteiger partial charge in [0.25, 0.3) is 0 Å². The Morgan fingerprint density at radius 3 is 2.74 bits per heavy atom. The molecule has 1 saturated heterocycles. The highest BCUT2D eigenvalue weighted by Gasteiger charge is 2.62. The van der Waals surface area contributed by atoms with Crippen LogP contribution < -0.4 is 0 Å². The second-order valence-electron chi connectivity index (χ2n) is 6.71. The predicted octanol–water partition coefficient (Wildman–Crippen LogP) is 1.47. The molecule has 0 unspecified atom stereocenters. The molecular formula is C15H20O4. The zero-order chi connectivity index (χ0) is 14.0. The maximum Gasteiger partial charge on any atom is 0.309 e. The third-order valence-corrected chi connectivity index (χ3v) is 5.46. The second-order valence-corrected chi connectivity index (χ2v) is 6.71. The van der Waals surface area contributed by atoms with Gasteiger partial charge < -0.3 is 9.84 Å². The first-order valence-corrected chi connectivity index (χ1v) is 6.94. The molecule has 0 spiro atoms. The number of rotatable bonds is 0. The summed E-state index contributed by atoms with van der Waals surface area (Å²) < 4.78 is 5.51. The van der Waals surface area contributed by atoms with Crippen molar-refractivity contribution in [2.24, 2.45) is 23.2 Å². The van der Waals surface area contributed by atoms with E-state index in [1.54, 1.807) is 13.0 Å². The fourth-order valence-electron chi connectivity index (χ4n) is 4.29. The molecule has 1 N–H and O–H groups in total. The lowest BCUT2D eigenvalue weighted by Crippen LogP contribution is -2.59. The van der Waals surface area contributed by atoms with E-state index < -0.39 is 11.0 Å².